The highest BCUT2D eigenvalue weighted by atomic mass is 16.4. The first kappa shape index (κ1) is 11.7. The number of amides is 1. The average Bonchev–Trinajstić information content (AvgIpc) is 2.27. The van der Waals surface area contributed by atoms with Gasteiger partial charge in [-0.05, 0) is 24.3 Å². The van der Waals surface area contributed by atoms with Crippen molar-refractivity contribution >= 4 is 17.6 Å². The van der Waals surface area contributed by atoms with Gasteiger partial charge in [0.1, 0.15) is 6.42 Å². The molecule has 5 heteroatoms. The molecule has 1 N–H and O–H groups in total. The number of carbonyl (C=O) groups excluding carboxylic acids is 1. The first-order chi connectivity index (χ1) is 7.54. The summed E-state index contributed by atoms with van der Waals surface area (Å²) in [6.45, 7) is 0. The van der Waals surface area contributed by atoms with Gasteiger partial charge in [-0.3, -0.25) is 9.59 Å². The zero-order valence-corrected chi connectivity index (χ0v) is 8.67. The summed E-state index contributed by atoms with van der Waals surface area (Å²) in [5.74, 6) is -1.66. The number of nitrogens with zero attached hydrogens (tertiary/aromatic N) is 2. The molecule has 0 spiro atoms. The van der Waals surface area contributed by atoms with E-state index in [0.717, 1.165) is 0 Å². The molecule has 0 aliphatic heterocycles. The number of anilines is 1. The third kappa shape index (κ3) is 2.82. The molecule has 1 rings (SSSR count). The van der Waals surface area contributed by atoms with Gasteiger partial charge in [-0.2, -0.15) is 5.26 Å². The Balaban J connectivity index is 2.80. The molecule has 0 radical (unpaired) electrons. The van der Waals surface area contributed by atoms with Crippen LogP contribution in [0.3, 0.4) is 0 Å². The standard InChI is InChI=1S/C11H10N2O3/c1-13(10(14)6-11(15)16)9-4-2-8(7-12)3-5-9/h2-5H,6H2,1H3,(H,15,16). The van der Waals surface area contributed by atoms with Crippen LogP contribution in [-0.4, -0.2) is 24.0 Å². The van der Waals surface area contributed by atoms with E-state index in [-0.39, 0.29) is 0 Å². The van der Waals surface area contributed by atoms with Gasteiger partial charge < -0.3 is 10.0 Å². The SMILES string of the molecule is CN(C(=O)CC(=O)O)c1ccc(C#N)cc1. The van der Waals surface area contributed by atoms with Crippen molar-refractivity contribution in [3.8, 4) is 6.07 Å². The van der Waals surface area contributed by atoms with E-state index in [2.05, 4.69) is 0 Å². The van der Waals surface area contributed by atoms with Crippen LogP contribution in [0, 0.1) is 11.3 Å². The summed E-state index contributed by atoms with van der Waals surface area (Å²) in [5, 5.41) is 17.1. The van der Waals surface area contributed by atoms with E-state index in [1.54, 1.807) is 24.3 Å². The van der Waals surface area contributed by atoms with Crippen LogP contribution in [0.15, 0.2) is 24.3 Å². The summed E-state index contributed by atoms with van der Waals surface area (Å²) in [4.78, 5) is 23.0. The van der Waals surface area contributed by atoms with Crippen LogP contribution in [0.4, 0.5) is 5.69 Å². The molecule has 82 valence electrons. The van der Waals surface area contributed by atoms with Gasteiger partial charge >= 0.3 is 5.97 Å². The van der Waals surface area contributed by atoms with E-state index in [0.29, 0.717) is 11.3 Å². The van der Waals surface area contributed by atoms with Crippen LogP contribution in [0.5, 0.6) is 0 Å². The van der Waals surface area contributed by atoms with Crippen LogP contribution in [-0.2, 0) is 9.59 Å². The molecule has 0 atom stereocenters. The van der Waals surface area contributed by atoms with Crippen molar-refractivity contribution in [2.75, 3.05) is 11.9 Å². The van der Waals surface area contributed by atoms with Crippen LogP contribution in [0.2, 0.25) is 0 Å². The number of carboxylic acids is 1. The lowest BCUT2D eigenvalue weighted by atomic mass is 10.2. The van der Waals surface area contributed by atoms with E-state index in [4.69, 9.17) is 10.4 Å². The molecule has 0 aliphatic rings. The molecule has 0 aliphatic carbocycles. The van der Waals surface area contributed by atoms with Crippen LogP contribution >= 0.6 is 0 Å². The Morgan fingerprint density at radius 1 is 1.38 bits per heavy atom. The van der Waals surface area contributed by atoms with Crippen molar-refractivity contribution in [2.24, 2.45) is 0 Å². The van der Waals surface area contributed by atoms with Gasteiger partial charge in [-0.1, -0.05) is 0 Å². The molecule has 0 aromatic heterocycles. The van der Waals surface area contributed by atoms with Crippen molar-refractivity contribution in [1.29, 1.82) is 5.26 Å². The molecule has 16 heavy (non-hydrogen) atoms. The molecule has 0 saturated carbocycles. The zero-order valence-electron chi connectivity index (χ0n) is 8.67. The molecule has 0 saturated heterocycles. The highest BCUT2D eigenvalue weighted by molar-refractivity contribution is 6.02. The second-order valence-corrected chi connectivity index (χ2v) is 3.18. The fourth-order valence-corrected chi connectivity index (χ4v) is 1.15. The van der Waals surface area contributed by atoms with Crippen molar-refractivity contribution in [3.63, 3.8) is 0 Å². The van der Waals surface area contributed by atoms with Crippen molar-refractivity contribution < 1.29 is 14.7 Å². The summed E-state index contributed by atoms with van der Waals surface area (Å²) >= 11 is 0. The van der Waals surface area contributed by atoms with E-state index in [1.165, 1.54) is 11.9 Å². The summed E-state index contributed by atoms with van der Waals surface area (Å²) in [6, 6.07) is 8.29. The molecule has 1 aromatic rings. The molecule has 0 bridgehead atoms. The smallest absolute Gasteiger partial charge is 0.312 e. The third-order valence-corrected chi connectivity index (χ3v) is 2.06. The molecule has 1 amide bonds. The number of rotatable bonds is 3. The van der Waals surface area contributed by atoms with Gasteiger partial charge in [0.15, 0.2) is 0 Å². The summed E-state index contributed by atoms with van der Waals surface area (Å²) in [5.41, 5.74) is 1.05. The second kappa shape index (κ2) is 4.94. The average molecular weight is 218 g/mol. The molecule has 1 aromatic carbocycles. The minimum atomic E-state index is -1.16. The van der Waals surface area contributed by atoms with Gasteiger partial charge in [-0.25, -0.2) is 0 Å². The number of hydrogen-bond acceptors (Lipinski definition) is 3. The predicted molar refractivity (Wildman–Crippen MR) is 56.8 cm³/mol. The van der Waals surface area contributed by atoms with Gasteiger partial charge in [0, 0.05) is 12.7 Å². The Bertz CT molecular complexity index is 445. The fourth-order valence-electron chi connectivity index (χ4n) is 1.15. The number of nitriles is 1. The Hall–Kier alpha value is -2.35. The number of aliphatic carboxylic acids is 1. The molecule has 0 fully saturated rings. The van der Waals surface area contributed by atoms with E-state index < -0.39 is 18.3 Å². The monoisotopic (exact) mass is 218 g/mol. The normalized spacial score (nSPS) is 9.25. The zero-order chi connectivity index (χ0) is 12.1. The van der Waals surface area contributed by atoms with Crippen molar-refractivity contribution in [2.45, 2.75) is 6.42 Å². The molecule has 0 unspecified atom stereocenters. The lowest BCUT2D eigenvalue weighted by molar-refractivity contribution is -0.140. The number of carbonyl (C=O) groups is 2. The first-order valence-corrected chi connectivity index (χ1v) is 4.53. The first-order valence-electron chi connectivity index (χ1n) is 4.53. The summed E-state index contributed by atoms with van der Waals surface area (Å²) in [6.07, 6.45) is -0.545. The van der Waals surface area contributed by atoms with E-state index in [1.807, 2.05) is 6.07 Å². The van der Waals surface area contributed by atoms with Gasteiger partial charge in [0.2, 0.25) is 5.91 Å². The van der Waals surface area contributed by atoms with Gasteiger partial charge in [-0.15, -0.1) is 0 Å². The Kier molecular flexibility index (Phi) is 3.62. The Morgan fingerprint density at radius 3 is 2.38 bits per heavy atom. The third-order valence-electron chi connectivity index (χ3n) is 2.06. The number of carboxylic acid groups (broad SMARTS) is 1. The molecule has 5 nitrogen and oxygen atoms in total. The van der Waals surface area contributed by atoms with Gasteiger partial charge in [0.05, 0.1) is 11.6 Å². The second-order valence-electron chi connectivity index (χ2n) is 3.18. The topological polar surface area (TPSA) is 81.4 Å². The van der Waals surface area contributed by atoms with Gasteiger partial charge in [0.25, 0.3) is 0 Å². The van der Waals surface area contributed by atoms with Crippen LogP contribution < -0.4 is 4.90 Å². The van der Waals surface area contributed by atoms with Crippen molar-refractivity contribution in [3.05, 3.63) is 29.8 Å². The van der Waals surface area contributed by atoms with E-state index >= 15 is 0 Å². The van der Waals surface area contributed by atoms with Crippen LogP contribution in [0.1, 0.15) is 12.0 Å². The minimum absolute atomic E-state index is 0.489. The molecular formula is C11H10N2O3. The molecule has 0 heterocycles. The highest BCUT2D eigenvalue weighted by Gasteiger charge is 2.14. The van der Waals surface area contributed by atoms with Crippen molar-refractivity contribution in [1.82, 2.24) is 0 Å². The maximum absolute atomic E-state index is 11.4. The largest absolute Gasteiger partial charge is 0.481 e. The fraction of sp³-hybridized carbons (Fsp3) is 0.182. The van der Waals surface area contributed by atoms with E-state index in [9.17, 15) is 9.59 Å². The summed E-state index contributed by atoms with van der Waals surface area (Å²) < 4.78 is 0. The molecular weight excluding hydrogens is 208 g/mol. The van der Waals surface area contributed by atoms with Crippen LogP contribution in [0.25, 0.3) is 0 Å². The lowest BCUT2D eigenvalue weighted by Crippen LogP contribution is -2.28. The predicted octanol–water partition coefficient (Wildman–Crippen LogP) is 0.996. The number of benzene rings is 1. The minimum Gasteiger partial charge on any atom is -0.481 e. The maximum atomic E-state index is 11.4. The summed E-state index contributed by atoms with van der Waals surface area (Å²) in [7, 11) is 1.49. The Labute approximate surface area is 92.5 Å². The quantitative estimate of drug-likeness (QED) is 0.767. The lowest BCUT2D eigenvalue weighted by Gasteiger charge is -2.16. The Morgan fingerprint density at radius 2 is 1.94 bits per heavy atom. The highest BCUT2D eigenvalue weighted by Crippen LogP contribution is 2.14. The number of hydrogen-bond donors (Lipinski definition) is 1. The maximum Gasteiger partial charge on any atom is 0.312 e.